The van der Waals surface area contributed by atoms with E-state index in [9.17, 15) is 0 Å². The number of hydrogen-bond donors (Lipinski definition) is 1. The molecule has 3 heterocycles. The fraction of sp³-hybridized carbons (Fsp3) is 0.786. The number of nitrogens with zero attached hydrogens (tertiary/aromatic N) is 3. The zero-order chi connectivity index (χ0) is 13.9. The van der Waals surface area contributed by atoms with Crippen LogP contribution in [0.4, 0.5) is 5.13 Å². The standard InChI is InChI=1S/C14H24N4OS/c1-2-12-13(9-15)20-14(16-12)18-4-3-11(10-18)17-5-7-19-8-6-17/h11H,2-10,15H2,1H3. The third-order valence-corrected chi connectivity index (χ3v) is 5.46. The van der Waals surface area contributed by atoms with Crippen molar-refractivity contribution in [3.63, 3.8) is 0 Å². The highest BCUT2D eigenvalue weighted by molar-refractivity contribution is 7.15. The van der Waals surface area contributed by atoms with Gasteiger partial charge in [0.15, 0.2) is 5.13 Å². The Morgan fingerprint density at radius 1 is 1.35 bits per heavy atom. The molecule has 2 aliphatic heterocycles. The summed E-state index contributed by atoms with van der Waals surface area (Å²) in [7, 11) is 0. The van der Waals surface area contributed by atoms with Crippen LogP contribution in [-0.2, 0) is 17.7 Å². The minimum Gasteiger partial charge on any atom is -0.379 e. The maximum absolute atomic E-state index is 5.81. The highest BCUT2D eigenvalue weighted by Gasteiger charge is 2.30. The molecular formula is C14H24N4OS. The molecule has 0 aromatic carbocycles. The van der Waals surface area contributed by atoms with Gasteiger partial charge < -0.3 is 15.4 Å². The van der Waals surface area contributed by atoms with E-state index >= 15 is 0 Å². The predicted molar refractivity (Wildman–Crippen MR) is 82.4 cm³/mol. The van der Waals surface area contributed by atoms with Gasteiger partial charge in [0, 0.05) is 43.6 Å². The lowest BCUT2D eigenvalue weighted by atomic mass is 10.2. The molecule has 6 heteroatoms. The van der Waals surface area contributed by atoms with E-state index < -0.39 is 0 Å². The third-order valence-electron chi connectivity index (χ3n) is 4.28. The number of rotatable bonds is 4. The number of ether oxygens (including phenoxy) is 1. The first kappa shape index (κ1) is 14.3. The summed E-state index contributed by atoms with van der Waals surface area (Å²) >= 11 is 1.78. The van der Waals surface area contributed by atoms with Crippen LogP contribution in [0.15, 0.2) is 0 Å². The van der Waals surface area contributed by atoms with E-state index in [1.54, 1.807) is 11.3 Å². The summed E-state index contributed by atoms with van der Waals surface area (Å²) in [5.41, 5.74) is 6.99. The van der Waals surface area contributed by atoms with Crippen molar-refractivity contribution < 1.29 is 4.74 Å². The highest BCUT2D eigenvalue weighted by Crippen LogP contribution is 2.30. The fourth-order valence-electron chi connectivity index (χ4n) is 3.10. The molecule has 0 amide bonds. The van der Waals surface area contributed by atoms with E-state index in [0.29, 0.717) is 12.6 Å². The number of morpholine rings is 1. The topological polar surface area (TPSA) is 54.6 Å². The molecule has 0 saturated carbocycles. The second kappa shape index (κ2) is 6.39. The third kappa shape index (κ3) is 2.83. The second-order valence-electron chi connectivity index (χ2n) is 5.46. The molecule has 2 aliphatic rings. The van der Waals surface area contributed by atoms with Crippen LogP contribution in [0.1, 0.15) is 23.9 Å². The van der Waals surface area contributed by atoms with Crippen LogP contribution in [0.5, 0.6) is 0 Å². The molecule has 1 aromatic rings. The largest absolute Gasteiger partial charge is 0.379 e. The molecule has 3 rings (SSSR count). The molecule has 0 aliphatic carbocycles. The Kier molecular flexibility index (Phi) is 4.55. The van der Waals surface area contributed by atoms with Gasteiger partial charge in [0.05, 0.1) is 18.9 Å². The van der Waals surface area contributed by atoms with Crippen LogP contribution in [0.25, 0.3) is 0 Å². The Labute approximate surface area is 124 Å². The molecular weight excluding hydrogens is 272 g/mol. The molecule has 1 unspecified atom stereocenters. The van der Waals surface area contributed by atoms with E-state index in [1.807, 2.05) is 0 Å². The van der Waals surface area contributed by atoms with Crippen molar-refractivity contribution in [2.45, 2.75) is 32.4 Å². The number of aryl methyl sites for hydroxylation is 1. The molecule has 112 valence electrons. The van der Waals surface area contributed by atoms with Crippen molar-refractivity contribution in [1.82, 2.24) is 9.88 Å². The van der Waals surface area contributed by atoms with E-state index in [4.69, 9.17) is 15.5 Å². The Balaban J connectivity index is 1.65. The minimum atomic E-state index is 0.613. The Bertz CT molecular complexity index is 423. The van der Waals surface area contributed by atoms with Gasteiger partial charge in [-0.2, -0.15) is 0 Å². The summed E-state index contributed by atoms with van der Waals surface area (Å²) in [5, 5.41) is 1.16. The van der Waals surface area contributed by atoms with Crippen LogP contribution < -0.4 is 10.6 Å². The number of hydrogen-bond acceptors (Lipinski definition) is 6. The Hall–Kier alpha value is -0.690. The summed E-state index contributed by atoms with van der Waals surface area (Å²) < 4.78 is 5.44. The van der Waals surface area contributed by atoms with Crippen molar-refractivity contribution in [2.75, 3.05) is 44.3 Å². The zero-order valence-corrected chi connectivity index (χ0v) is 13.0. The van der Waals surface area contributed by atoms with Crippen molar-refractivity contribution in [1.29, 1.82) is 0 Å². The number of nitrogens with two attached hydrogens (primary N) is 1. The van der Waals surface area contributed by atoms with E-state index in [0.717, 1.165) is 50.9 Å². The molecule has 2 N–H and O–H groups in total. The molecule has 0 radical (unpaired) electrons. The molecule has 0 bridgehead atoms. The van der Waals surface area contributed by atoms with E-state index in [1.165, 1.54) is 17.0 Å². The van der Waals surface area contributed by atoms with Crippen LogP contribution in [-0.4, -0.2) is 55.3 Å². The lowest BCUT2D eigenvalue weighted by molar-refractivity contribution is 0.0209. The summed E-state index contributed by atoms with van der Waals surface area (Å²) in [6.45, 7) is 8.88. The zero-order valence-electron chi connectivity index (χ0n) is 12.2. The van der Waals surface area contributed by atoms with Crippen molar-refractivity contribution in [3.05, 3.63) is 10.6 Å². The Morgan fingerprint density at radius 2 is 2.15 bits per heavy atom. The fourth-order valence-corrected chi connectivity index (χ4v) is 4.16. The second-order valence-corrected chi connectivity index (χ2v) is 6.52. The van der Waals surface area contributed by atoms with Gasteiger partial charge >= 0.3 is 0 Å². The van der Waals surface area contributed by atoms with E-state index in [2.05, 4.69) is 16.7 Å². The lowest BCUT2D eigenvalue weighted by Crippen LogP contribution is -2.44. The number of aromatic nitrogens is 1. The van der Waals surface area contributed by atoms with Gasteiger partial charge in [-0.15, -0.1) is 11.3 Å². The van der Waals surface area contributed by atoms with Gasteiger partial charge in [0.2, 0.25) is 0 Å². The molecule has 2 fully saturated rings. The predicted octanol–water partition coefficient (Wildman–Crippen LogP) is 1.08. The molecule has 5 nitrogen and oxygen atoms in total. The average Bonchev–Trinajstić information content (AvgIpc) is 3.14. The van der Waals surface area contributed by atoms with E-state index in [-0.39, 0.29) is 0 Å². The summed E-state index contributed by atoms with van der Waals surface area (Å²) in [4.78, 5) is 11.0. The summed E-state index contributed by atoms with van der Waals surface area (Å²) in [6.07, 6.45) is 2.21. The quantitative estimate of drug-likeness (QED) is 0.901. The maximum Gasteiger partial charge on any atom is 0.185 e. The number of thiazole rings is 1. The van der Waals surface area contributed by atoms with Crippen molar-refractivity contribution in [3.8, 4) is 0 Å². The van der Waals surface area contributed by atoms with Crippen LogP contribution in [0, 0.1) is 0 Å². The van der Waals surface area contributed by atoms with Gasteiger partial charge in [0.1, 0.15) is 0 Å². The first-order valence-electron chi connectivity index (χ1n) is 7.57. The van der Waals surface area contributed by atoms with Gasteiger partial charge in [-0.05, 0) is 12.8 Å². The van der Waals surface area contributed by atoms with Gasteiger partial charge in [-0.25, -0.2) is 4.98 Å². The van der Waals surface area contributed by atoms with Gasteiger partial charge in [-0.1, -0.05) is 6.92 Å². The SMILES string of the molecule is CCc1nc(N2CCC(N3CCOCC3)C2)sc1CN. The summed E-state index contributed by atoms with van der Waals surface area (Å²) in [6, 6.07) is 0.661. The van der Waals surface area contributed by atoms with Crippen molar-refractivity contribution in [2.24, 2.45) is 5.73 Å². The molecule has 1 atom stereocenters. The van der Waals surface area contributed by atoms with Crippen LogP contribution in [0.2, 0.25) is 0 Å². The molecule has 20 heavy (non-hydrogen) atoms. The van der Waals surface area contributed by atoms with Gasteiger partial charge in [-0.3, -0.25) is 4.90 Å². The monoisotopic (exact) mass is 296 g/mol. The smallest absolute Gasteiger partial charge is 0.185 e. The van der Waals surface area contributed by atoms with Crippen molar-refractivity contribution >= 4 is 16.5 Å². The van der Waals surface area contributed by atoms with Crippen LogP contribution >= 0.6 is 11.3 Å². The van der Waals surface area contributed by atoms with Gasteiger partial charge in [0.25, 0.3) is 0 Å². The Morgan fingerprint density at radius 3 is 2.80 bits per heavy atom. The maximum atomic E-state index is 5.81. The van der Waals surface area contributed by atoms with Crippen LogP contribution in [0.3, 0.4) is 0 Å². The molecule has 2 saturated heterocycles. The molecule has 0 spiro atoms. The normalized spacial score (nSPS) is 24.5. The lowest BCUT2D eigenvalue weighted by Gasteiger charge is -2.32. The first-order chi connectivity index (χ1) is 9.81. The first-order valence-corrected chi connectivity index (χ1v) is 8.38. The average molecular weight is 296 g/mol. The minimum absolute atomic E-state index is 0.613. The summed E-state index contributed by atoms with van der Waals surface area (Å²) in [5.74, 6) is 0. The molecule has 1 aromatic heterocycles. The number of anilines is 1. The highest BCUT2D eigenvalue weighted by atomic mass is 32.1.